The minimum absolute atomic E-state index is 0.445. The van der Waals surface area contributed by atoms with Crippen LogP contribution in [0.3, 0.4) is 0 Å². The summed E-state index contributed by atoms with van der Waals surface area (Å²) < 4.78 is 44.3. The van der Waals surface area contributed by atoms with Gasteiger partial charge < -0.3 is 9.79 Å². The van der Waals surface area contributed by atoms with E-state index < -0.39 is 19.4 Å². The van der Waals surface area contributed by atoms with Crippen LogP contribution in [-0.2, 0) is 4.57 Å². The lowest BCUT2D eigenvalue weighted by Gasteiger charge is -2.15. The highest BCUT2D eigenvalue weighted by Gasteiger charge is 2.47. The van der Waals surface area contributed by atoms with Gasteiger partial charge in [0, 0.05) is 0 Å². The van der Waals surface area contributed by atoms with E-state index in [0.717, 1.165) is 0 Å². The predicted molar refractivity (Wildman–Crippen MR) is 27.6 cm³/mol. The van der Waals surface area contributed by atoms with E-state index in [1.165, 1.54) is 0 Å². The van der Waals surface area contributed by atoms with Gasteiger partial charge in [0.25, 0.3) is 0 Å². The van der Waals surface area contributed by atoms with E-state index in [2.05, 4.69) is 0 Å². The van der Waals surface area contributed by atoms with Gasteiger partial charge >= 0.3 is 13.8 Å². The summed E-state index contributed by atoms with van der Waals surface area (Å²) in [6.45, 7) is 0.445. The van der Waals surface area contributed by atoms with Crippen molar-refractivity contribution in [3.63, 3.8) is 0 Å². The van der Waals surface area contributed by atoms with Gasteiger partial charge in [0.05, 0.1) is 0 Å². The standard InChI is InChI=1S/C3H6F3O3P/c1-2(3(4,5)6)10(7,8)9/h2H,1H3,(H2,7,8,9). The van der Waals surface area contributed by atoms with Gasteiger partial charge in [-0.2, -0.15) is 13.2 Å². The van der Waals surface area contributed by atoms with Crippen molar-refractivity contribution in [1.29, 1.82) is 0 Å². The Morgan fingerprint density at radius 1 is 1.40 bits per heavy atom. The number of hydrogen-bond donors (Lipinski definition) is 2. The quantitative estimate of drug-likeness (QED) is 0.591. The van der Waals surface area contributed by atoms with Gasteiger partial charge in [-0.25, -0.2) is 0 Å². The Bertz CT molecular complexity index is 159. The second kappa shape index (κ2) is 2.53. The molecule has 0 aromatic heterocycles. The van der Waals surface area contributed by atoms with Gasteiger partial charge in [0.1, 0.15) is 0 Å². The molecule has 0 aliphatic carbocycles. The van der Waals surface area contributed by atoms with E-state index in [4.69, 9.17) is 9.79 Å². The SMILES string of the molecule is CC(C(F)(F)F)P(=O)(O)O. The Balaban J connectivity index is 4.39. The van der Waals surface area contributed by atoms with Gasteiger partial charge in [-0.3, -0.25) is 4.57 Å². The second-order valence-corrected chi connectivity index (χ2v) is 3.76. The lowest BCUT2D eigenvalue weighted by Crippen LogP contribution is -2.25. The highest BCUT2D eigenvalue weighted by Crippen LogP contribution is 2.48. The molecule has 0 spiro atoms. The van der Waals surface area contributed by atoms with E-state index in [0.29, 0.717) is 6.92 Å². The van der Waals surface area contributed by atoms with Crippen LogP contribution in [0.5, 0.6) is 0 Å². The van der Waals surface area contributed by atoms with E-state index in [-0.39, 0.29) is 0 Å². The summed E-state index contributed by atoms with van der Waals surface area (Å²) >= 11 is 0. The zero-order valence-electron chi connectivity index (χ0n) is 4.96. The number of alkyl halides is 3. The fraction of sp³-hybridized carbons (Fsp3) is 1.00. The fourth-order valence-corrected chi connectivity index (χ4v) is 0.572. The summed E-state index contributed by atoms with van der Waals surface area (Å²) in [4.78, 5) is 16.0. The molecule has 0 aromatic rings. The molecule has 0 rings (SSSR count). The molecule has 0 fully saturated rings. The molecule has 2 N–H and O–H groups in total. The zero-order valence-corrected chi connectivity index (χ0v) is 5.86. The van der Waals surface area contributed by atoms with Crippen LogP contribution in [0.15, 0.2) is 0 Å². The van der Waals surface area contributed by atoms with Gasteiger partial charge in [-0.1, -0.05) is 0 Å². The van der Waals surface area contributed by atoms with Crippen molar-refractivity contribution in [2.75, 3.05) is 0 Å². The molecule has 3 nitrogen and oxygen atoms in total. The average molecular weight is 178 g/mol. The largest absolute Gasteiger partial charge is 0.402 e. The van der Waals surface area contributed by atoms with Crippen molar-refractivity contribution in [1.82, 2.24) is 0 Å². The van der Waals surface area contributed by atoms with E-state index in [1.54, 1.807) is 0 Å². The van der Waals surface area contributed by atoms with Gasteiger partial charge in [0.2, 0.25) is 0 Å². The van der Waals surface area contributed by atoms with Crippen molar-refractivity contribution in [3.05, 3.63) is 0 Å². The predicted octanol–water partition coefficient (Wildman–Crippen LogP) is 1.11. The highest BCUT2D eigenvalue weighted by molar-refractivity contribution is 7.52. The molecule has 1 atom stereocenters. The van der Waals surface area contributed by atoms with Crippen LogP contribution in [0, 0.1) is 0 Å². The molecule has 0 aliphatic rings. The maximum absolute atomic E-state index is 11.5. The van der Waals surface area contributed by atoms with Crippen molar-refractivity contribution in [2.45, 2.75) is 18.8 Å². The zero-order chi connectivity index (χ0) is 8.58. The first-order valence-corrected chi connectivity index (χ1v) is 3.96. The Morgan fingerprint density at radius 3 is 1.70 bits per heavy atom. The molecule has 62 valence electrons. The molecule has 0 saturated carbocycles. The summed E-state index contributed by atoms with van der Waals surface area (Å²) in [5.41, 5.74) is -2.57. The van der Waals surface area contributed by atoms with Crippen LogP contribution < -0.4 is 0 Å². The minimum Gasteiger partial charge on any atom is -0.324 e. The topological polar surface area (TPSA) is 57.5 Å². The lowest BCUT2D eigenvalue weighted by atomic mass is 10.5. The third-order valence-corrected chi connectivity index (χ3v) is 2.28. The van der Waals surface area contributed by atoms with Gasteiger partial charge in [0.15, 0.2) is 5.66 Å². The molecule has 0 aliphatic heterocycles. The molecule has 0 radical (unpaired) electrons. The van der Waals surface area contributed by atoms with Crippen LogP contribution in [0.2, 0.25) is 0 Å². The molecule has 0 aromatic carbocycles. The normalized spacial score (nSPS) is 17.0. The third kappa shape index (κ3) is 2.68. The van der Waals surface area contributed by atoms with Crippen LogP contribution >= 0.6 is 7.60 Å². The van der Waals surface area contributed by atoms with Crippen LogP contribution in [-0.4, -0.2) is 21.6 Å². The molecule has 0 amide bonds. The Hall–Kier alpha value is -0.0600. The van der Waals surface area contributed by atoms with E-state index in [1.807, 2.05) is 0 Å². The minimum atomic E-state index is -5.00. The van der Waals surface area contributed by atoms with E-state index >= 15 is 0 Å². The first-order chi connectivity index (χ1) is 4.15. The molecule has 0 heterocycles. The molecule has 0 bridgehead atoms. The number of rotatable bonds is 1. The van der Waals surface area contributed by atoms with Crippen molar-refractivity contribution in [2.24, 2.45) is 0 Å². The number of halogens is 3. The average Bonchev–Trinajstić information content (AvgIpc) is 1.59. The summed E-state index contributed by atoms with van der Waals surface area (Å²) in [7, 11) is -5.00. The van der Waals surface area contributed by atoms with Gasteiger partial charge in [-0.15, -0.1) is 0 Å². The summed E-state index contributed by atoms with van der Waals surface area (Å²) in [6.07, 6.45) is -4.82. The molecular weight excluding hydrogens is 172 g/mol. The number of hydrogen-bond acceptors (Lipinski definition) is 1. The Kier molecular flexibility index (Phi) is 2.51. The first-order valence-electron chi connectivity index (χ1n) is 2.27. The fourth-order valence-electron chi connectivity index (χ4n) is 0.191. The van der Waals surface area contributed by atoms with Crippen LogP contribution in [0.4, 0.5) is 13.2 Å². The Labute approximate surface area is 55.0 Å². The second-order valence-electron chi connectivity index (χ2n) is 1.81. The third-order valence-electron chi connectivity index (χ3n) is 0.978. The Morgan fingerprint density at radius 2 is 1.70 bits per heavy atom. The lowest BCUT2D eigenvalue weighted by molar-refractivity contribution is -0.130. The van der Waals surface area contributed by atoms with Crippen molar-refractivity contribution in [3.8, 4) is 0 Å². The monoisotopic (exact) mass is 178 g/mol. The molecule has 10 heavy (non-hydrogen) atoms. The highest BCUT2D eigenvalue weighted by atomic mass is 31.2. The van der Waals surface area contributed by atoms with Crippen molar-refractivity contribution >= 4 is 7.60 Å². The summed E-state index contributed by atoms with van der Waals surface area (Å²) in [6, 6.07) is 0. The smallest absolute Gasteiger partial charge is 0.324 e. The van der Waals surface area contributed by atoms with E-state index in [9.17, 15) is 17.7 Å². The maximum atomic E-state index is 11.5. The molecule has 7 heteroatoms. The molecule has 0 saturated heterocycles. The summed E-state index contributed by atoms with van der Waals surface area (Å²) in [5.74, 6) is 0. The molecule has 1 unspecified atom stereocenters. The van der Waals surface area contributed by atoms with Crippen LogP contribution in [0.25, 0.3) is 0 Å². The molecular formula is C3H6F3O3P. The van der Waals surface area contributed by atoms with Crippen LogP contribution in [0.1, 0.15) is 6.92 Å². The van der Waals surface area contributed by atoms with Crippen molar-refractivity contribution < 1.29 is 27.5 Å². The first kappa shape index (κ1) is 9.94. The van der Waals surface area contributed by atoms with Gasteiger partial charge in [-0.05, 0) is 6.92 Å². The summed E-state index contributed by atoms with van der Waals surface area (Å²) in [5, 5.41) is 0. The maximum Gasteiger partial charge on any atom is 0.402 e.